The first kappa shape index (κ1) is 23.1. The van der Waals surface area contributed by atoms with E-state index < -0.39 is 11.8 Å². The average molecular weight is 475 g/mol. The van der Waals surface area contributed by atoms with Crippen LogP contribution in [-0.2, 0) is 14.4 Å². The molecular formula is C21H23BrN4O4. The van der Waals surface area contributed by atoms with Crippen LogP contribution in [0, 0.1) is 0 Å². The number of benzene rings is 2. The van der Waals surface area contributed by atoms with E-state index in [1.54, 1.807) is 36.4 Å². The van der Waals surface area contributed by atoms with E-state index in [4.69, 9.17) is 4.74 Å². The van der Waals surface area contributed by atoms with E-state index in [0.29, 0.717) is 23.5 Å². The summed E-state index contributed by atoms with van der Waals surface area (Å²) in [4.78, 5) is 35.0. The smallest absolute Gasteiger partial charge is 0.329 e. The van der Waals surface area contributed by atoms with Gasteiger partial charge in [-0.05, 0) is 60.5 Å². The third kappa shape index (κ3) is 8.44. The molecule has 0 spiro atoms. The molecule has 0 saturated carbocycles. The number of anilines is 1. The zero-order valence-electron chi connectivity index (χ0n) is 16.5. The van der Waals surface area contributed by atoms with E-state index >= 15 is 0 Å². The van der Waals surface area contributed by atoms with E-state index in [0.717, 1.165) is 17.3 Å². The zero-order valence-corrected chi connectivity index (χ0v) is 18.1. The minimum atomic E-state index is -0.820. The summed E-state index contributed by atoms with van der Waals surface area (Å²) in [5.41, 5.74) is 3.54. The summed E-state index contributed by atoms with van der Waals surface area (Å²) in [5, 5.41) is 8.99. The summed E-state index contributed by atoms with van der Waals surface area (Å²) in [6, 6.07) is 14.0. The first-order valence-corrected chi connectivity index (χ1v) is 10.2. The van der Waals surface area contributed by atoms with Crippen molar-refractivity contribution in [2.24, 2.45) is 5.10 Å². The lowest BCUT2D eigenvalue weighted by Crippen LogP contribution is -2.38. The van der Waals surface area contributed by atoms with Gasteiger partial charge in [0.2, 0.25) is 0 Å². The van der Waals surface area contributed by atoms with Crippen LogP contribution in [0.25, 0.3) is 0 Å². The van der Waals surface area contributed by atoms with Gasteiger partial charge in [-0.25, -0.2) is 5.43 Å². The topological polar surface area (TPSA) is 109 Å². The fourth-order valence-electron chi connectivity index (χ4n) is 2.20. The van der Waals surface area contributed by atoms with Gasteiger partial charge in [-0.3, -0.25) is 14.4 Å². The molecule has 0 unspecified atom stereocenters. The molecule has 158 valence electrons. The van der Waals surface area contributed by atoms with Crippen molar-refractivity contribution in [2.75, 3.05) is 18.5 Å². The number of hydrazone groups is 1. The molecule has 2 aromatic rings. The fraction of sp³-hybridized carbons (Fsp3) is 0.238. The standard InChI is InChI=1S/C21H23BrN4O4/c1-2-3-12-23-20(28)21(29)26-24-13-15-4-10-18(11-5-15)30-14-19(27)25-17-8-6-16(22)7-9-17/h4-11,13H,2-3,12,14H2,1H3,(H,23,28)(H,25,27)(H,26,29)/b24-13-. The molecule has 0 saturated heterocycles. The predicted octanol–water partition coefficient (Wildman–Crippen LogP) is 2.83. The molecule has 8 nitrogen and oxygen atoms in total. The maximum absolute atomic E-state index is 11.9. The highest BCUT2D eigenvalue weighted by molar-refractivity contribution is 9.10. The Morgan fingerprint density at radius 1 is 1.03 bits per heavy atom. The van der Waals surface area contributed by atoms with Crippen molar-refractivity contribution in [3.8, 4) is 5.75 Å². The Balaban J connectivity index is 1.74. The molecule has 0 atom stereocenters. The molecule has 0 radical (unpaired) electrons. The summed E-state index contributed by atoms with van der Waals surface area (Å²) in [5.74, 6) is -1.30. The Morgan fingerprint density at radius 2 is 1.73 bits per heavy atom. The van der Waals surface area contributed by atoms with Gasteiger partial charge in [-0.2, -0.15) is 5.10 Å². The Hall–Kier alpha value is -3.20. The summed E-state index contributed by atoms with van der Waals surface area (Å²) < 4.78 is 6.38. The van der Waals surface area contributed by atoms with Crippen LogP contribution < -0.4 is 20.8 Å². The number of unbranched alkanes of at least 4 members (excludes halogenated alkanes) is 1. The average Bonchev–Trinajstić information content (AvgIpc) is 2.75. The Labute approximate surface area is 183 Å². The van der Waals surface area contributed by atoms with E-state index in [2.05, 4.69) is 37.1 Å². The Morgan fingerprint density at radius 3 is 2.40 bits per heavy atom. The van der Waals surface area contributed by atoms with Crippen LogP contribution in [0.1, 0.15) is 25.3 Å². The largest absolute Gasteiger partial charge is 0.484 e. The van der Waals surface area contributed by atoms with E-state index in [1.165, 1.54) is 6.21 Å². The second-order valence-corrected chi connectivity index (χ2v) is 7.14. The van der Waals surface area contributed by atoms with Crippen molar-refractivity contribution in [2.45, 2.75) is 19.8 Å². The maximum Gasteiger partial charge on any atom is 0.329 e. The first-order chi connectivity index (χ1) is 14.5. The Kier molecular flexibility index (Phi) is 9.53. The van der Waals surface area contributed by atoms with Gasteiger partial charge in [0.25, 0.3) is 5.91 Å². The molecule has 3 amide bonds. The number of carbonyl (C=O) groups excluding carboxylic acids is 3. The summed E-state index contributed by atoms with van der Waals surface area (Å²) in [6.07, 6.45) is 3.14. The van der Waals surface area contributed by atoms with E-state index in [-0.39, 0.29) is 12.5 Å². The van der Waals surface area contributed by atoms with Gasteiger partial charge in [0.15, 0.2) is 6.61 Å². The highest BCUT2D eigenvalue weighted by Gasteiger charge is 2.11. The van der Waals surface area contributed by atoms with Crippen LogP contribution >= 0.6 is 15.9 Å². The highest BCUT2D eigenvalue weighted by Crippen LogP contribution is 2.14. The minimum absolute atomic E-state index is 0.132. The summed E-state index contributed by atoms with van der Waals surface area (Å²) >= 11 is 3.33. The number of amides is 3. The third-order valence-electron chi connectivity index (χ3n) is 3.78. The molecule has 0 aliphatic heterocycles. The van der Waals surface area contributed by atoms with Crippen LogP contribution in [0.15, 0.2) is 58.1 Å². The van der Waals surface area contributed by atoms with E-state index in [1.807, 2.05) is 19.1 Å². The SMILES string of the molecule is CCCCNC(=O)C(=O)N/N=C\c1ccc(OCC(=O)Nc2ccc(Br)cc2)cc1. The maximum atomic E-state index is 11.9. The van der Waals surface area contributed by atoms with Gasteiger partial charge in [0.05, 0.1) is 6.21 Å². The molecular weight excluding hydrogens is 452 g/mol. The number of nitrogens with zero attached hydrogens (tertiary/aromatic N) is 1. The van der Waals surface area contributed by atoms with E-state index in [9.17, 15) is 14.4 Å². The van der Waals surface area contributed by atoms with Crippen molar-refractivity contribution < 1.29 is 19.1 Å². The lowest BCUT2D eigenvalue weighted by molar-refractivity contribution is -0.139. The van der Waals surface area contributed by atoms with Gasteiger partial charge < -0.3 is 15.4 Å². The lowest BCUT2D eigenvalue weighted by Gasteiger charge is -2.08. The van der Waals surface area contributed by atoms with Crippen LogP contribution in [0.5, 0.6) is 5.75 Å². The van der Waals surface area contributed by atoms with Crippen LogP contribution in [-0.4, -0.2) is 37.1 Å². The number of carbonyl (C=O) groups is 3. The molecule has 0 aromatic heterocycles. The highest BCUT2D eigenvalue weighted by atomic mass is 79.9. The number of halogens is 1. The lowest BCUT2D eigenvalue weighted by atomic mass is 10.2. The molecule has 0 bridgehead atoms. The van der Waals surface area contributed by atoms with Crippen LogP contribution in [0.2, 0.25) is 0 Å². The predicted molar refractivity (Wildman–Crippen MR) is 118 cm³/mol. The number of rotatable bonds is 9. The van der Waals surface area contributed by atoms with Gasteiger partial charge in [0, 0.05) is 16.7 Å². The Bertz CT molecular complexity index is 883. The fourth-order valence-corrected chi connectivity index (χ4v) is 2.47. The minimum Gasteiger partial charge on any atom is -0.484 e. The number of ether oxygens (including phenoxy) is 1. The van der Waals surface area contributed by atoms with Crippen molar-refractivity contribution in [1.29, 1.82) is 0 Å². The summed E-state index contributed by atoms with van der Waals surface area (Å²) in [6.45, 7) is 2.31. The molecule has 9 heteroatoms. The normalized spacial score (nSPS) is 10.5. The molecule has 3 N–H and O–H groups in total. The molecule has 0 heterocycles. The molecule has 2 rings (SSSR count). The molecule has 30 heavy (non-hydrogen) atoms. The monoisotopic (exact) mass is 474 g/mol. The van der Waals surface area contributed by atoms with Crippen molar-refractivity contribution in [1.82, 2.24) is 10.7 Å². The number of hydrogen-bond donors (Lipinski definition) is 3. The number of nitrogens with one attached hydrogen (secondary N) is 3. The third-order valence-corrected chi connectivity index (χ3v) is 4.31. The van der Waals surface area contributed by atoms with Gasteiger partial charge in [0.1, 0.15) is 5.75 Å². The quantitative estimate of drug-likeness (QED) is 0.224. The molecule has 2 aromatic carbocycles. The van der Waals surface area contributed by atoms with Crippen molar-refractivity contribution >= 4 is 45.6 Å². The number of hydrogen-bond acceptors (Lipinski definition) is 5. The van der Waals surface area contributed by atoms with Crippen LogP contribution in [0.3, 0.4) is 0 Å². The van der Waals surface area contributed by atoms with Gasteiger partial charge in [-0.1, -0.05) is 29.3 Å². The second-order valence-electron chi connectivity index (χ2n) is 6.22. The molecule has 0 aliphatic rings. The summed E-state index contributed by atoms with van der Waals surface area (Å²) in [7, 11) is 0. The van der Waals surface area contributed by atoms with Gasteiger partial charge >= 0.3 is 11.8 Å². The van der Waals surface area contributed by atoms with Crippen molar-refractivity contribution in [3.63, 3.8) is 0 Å². The van der Waals surface area contributed by atoms with Gasteiger partial charge in [-0.15, -0.1) is 0 Å². The zero-order chi connectivity index (χ0) is 21.8. The second kappa shape index (κ2) is 12.4. The first-order valence-electron chi connectivity index (χ1n) is 9.37. The molecule has 0 fully saturated rings. The van der Waals surface area contributed by atoms with Crippen molar-refractivity contribution in [3.05, 3.63) is 58.6 Å². The molecule has 0 aliphatic carbocycles. The van der Waals surface area contributed by atoms with Crippen LogP contribution in [0.4, 0.5) is 5.69 Å².